The SMILES string of the molecule is CC(O)C(NC(=O)C1CCCN1C(=O)C(N)CCCN=C(N)N)C(=O)NC(CCC(N)=O)C(=O)O. The standard InChI is InChI=1S/C20H36N8O7/c1-10(29)15(17(32)26-12(19(34)35)6-7-14(22)30)27-16(31)13-5-3-9-28(13)18(33)11(21)4-2-8-25-20(23)24/h10-13,15,29H,2-9,21H2,1H3,(H2,22,30)(H,26,32)(H,27,31)(H,34,35)(H4,23,24,25). The van der Waals surface area contributed by atoms with E-state index in [0.29, 0.717) is 32.2 Å². The van der Waals surface area contributed by atoms with E-state index in [0.717, 1.165) is 0 Å². The second-order valence-corrected chi connectivity index (χ2v) is 8.38. The first-order valence-electron chi connectivity index (χ1n) is 11.3. The Morgan fingerprint density at radius 2 is 1.77 bits per heavy atom. The summed E-state index contributed by atoms with van der Waals surface area (Å²) in [5.41, 5.74) is 21.5. The van der Waals surface area contributed by atoms with Gasteiger partial charge in [-0.1, -0.05) is 0 Å². The summed E-state index contributed by atoms with van der Waals surface area (Å²) in [5, 5.41) is 23.9. The Morgan fingerprint density at radius 3 is 2.31 bits per heavy atom. The number of rotatable bonds is 14. The minimum atomic E-state index is -1.50. The fourth-order valence-electron chi connectivity index (χ4n) is 3.62. The van der Waals surface area contributed by atoms with Crippen LogP contribution in [0, 0.1) is 0 Å². The van der Waals surface area contributed by atoms with Gasteiger partial charge in [-0.3, -0.25) is 24.2 Å². The Morgan fingerprint density at radius 1 is 1.11 bits per heavy atom. The molecule has 1 heterocycles. The summed E-state index contributed by atoms with van der Waals surface area (Å²) in [4.78, 5) is 65.8. The number of carbonyl (C=O) groups is 5. The van der Waals surface area contributed by atoms with Crippen LogP contribution >= 0.6 is 0 Å². The van der Waals surface area contributed by atoms with Crippen molar-refractivity contribution in [2.45, 2.75) is 75.7 Å². The quantitative estimate of drug-likeness (QED) is 0.0651. The zero-order chi connectivity index (χ0) is 26.7. The molecule has 1 aliphatic heterocycles. The second-order valence-electron chi connectivity index (χ2n) is 8.38. The zero-order valence-electron chi connectivity index (χ0n) is 19.7. The molecule has 4 amide bonds. The van der Waals surface area contributed by atoms with Gasteiger partial charge in [-0.2, -0.15) is 0 Å². The fourth-order valence-corrected chi connectivity index (χ4v) is 3.62. The van der Waals surface area contributed by atoms with Gasteiger partial charge in [0, 0.05) is 19.5 Å². The Kier molecular flexibility index (Phi) is 11.9. The number of carboxylic acids is 1. The predicted octanol–water partition coefficient (Wildman–Crippen LogP) is -3.94. The van der Waals surface area contributed by atoms with Gasteiger partial charge in [-0.25, -0.2) is 4.79 Å². The van der Waals surface area contributed by atoms with E-state index in [4.69, 9.17) is 22.9 Å². The lowest BCUT2D eigenvalue weighted by Crippen LogP contribution is -2.59. The minimum Gasteiger partial charge on any atom is -0.480 e. The Labute approximate surface area is 202 Å². The highest BCUT2D eigenvalue weighted by Gasteiger charge is 2.38. The molecule has 5 atom stereocenters. The third kappa shape index (κ3) is 9.74. The molecule has 0 aromatic carbocycles. The van der Waals surface area contributed by atoms with Gasteiger partial charge in [0.15, 0.2) is 5.96 Å². The van der Waals surface area contributed by atoms with Crippen LogP contribution in [0.4, 0.5) is 0 Å². The van der Waals surface area contributed by atoms with E-state index >= 15 is 0 Å². The van der Waals surface area contributed by atoms with Gasteiger partial charge in [-0.15, -0.1) is 0 Å². The molecule has 15 nitrogen and oxygen atoms in total. The van der Waals surface area contributed by atoms with Gasteiger partial charge >= 0.3 is 5.97 Å². The number of nitrogens with zero attached hydrogens (tertiary/aromatic N) is 2. The van der Waals surface area contributed by atoms with Crippen LogP contribution < -0.4 is 33.6 Å². The molecule has 0 spiro atoms. The summed E-state index contributed by atoms with van der Waals surface area (Å²) in [5.74, 6) is -4.31. The number of nitrogens with one attached hydrogen (secondary N) is 2. The molecule has 15 heteroatoms. The van der Waals surface area contributed by atoms with Crippen LogP contribution in [-0.2, 0) is 24.0 Å². The lowest BCUT2D eigenvalue weighted by atomic mass is 10.1. The van der Waals surface area contributed by atoms with Crippen LogP contribution in [0.1, 0.15) is 45.4 Å². The van der Waals surface area contributed by atoms with Crippen LogP contribution in [0.15, 0.2) is 4.99 Å². The van der Waals surface area contributed by atoms with Gasteiger partial charge in [-0.05, 0) is 39.0 Å². The molecule has 1 saturated heterocycles. The number of aliphatic imine (C=N–C) groups is 1. The normalized spacial score (nSPS) is 18.6. The van der Waals surface area contributed by atoms with Gasteiger partial charge in [0.05, 0.1) is 12.1 Å². The van der Waals surface area contributed by atoms with Crippen molar-refractivity contribution in [2.24, 2.45) is 27.9 Å². The Bertz CT molecular complexity index is 815. The smallest absolute Gasteiger partial charge is 0.326 e. The van der Waals surface area contributed by atoms with Crippen LogP contribution in [0.3, 0.4) is 0 Å². The van der Waals surface area contributed by atoms with Crippen molar-refractivity contribution < 1.29 is 34.2 Å². The van der Waals surface area contributed by atoms with E-state index in [1.807, 2.05) is 0 Å². The first-order chi connectivity index (χ1) is 16.3. The highest BCUT2D eigenvalue weighted by molar-refractivity contribution is 5.94. The van der Waals surface area contributed by atoms with Crippen LogP contribution in [0.5, 0.6) is 0 Å². The number of carbonyl (C=O) groups excluding carboxylic acids is 4. The fraction of sp³-hybridized carbons (Fsp3) is 0.700. The molecule has 12 N–H and O–H groups in total. The third-order valence-electron chi connectivity index (χ3n) is 5.48. The van der Waals surface area contributed by atoms with Crippen molar-refractivity contribution in [1.82, 2.24) is 15.5 Å². The summed E-state index contributed by atoms with van der Waals surface area (Å²) in [6, 6.07) is -4.74. The number of aliphatic carboxylic acids is 1. The van der Waals surface area contributed by atoms with Crippen LogP contribution in [0.25, 0.3) is 0 Å². The lowest BCUT2D eigenvalue weighted by molar-refractivity contribution is -0.144. The molecule has 1 fully saturated rings. The van der Waals surface area contributed by atoms with Crippen molar-refractivity contribution in [3.05, 3.63) is 0 Å². The number of guanidine groups is 1. The van der Waals surface area contributed by atoms with E-state index in [1.165, 1.54) is 11.8 Å². The van der Waals surface area contributed by atoms with Gasteiger partial charge in [0.25, 0.3) is 0 Å². The molecule has 0 aliphatic carbocycles. The summed E-state index contributed by atoms with van der Waals surface area (Å²) >= 11 is 0. The molecule has 0 aromatic heterocycles. The summed E-state index contributed by atoms with van der Waals surface area (Å²) in [7, 11) is 0. The number of hydrogen-bond acceptors (Lipinski definition) is 8. The molecule has 35 heavy (non-hydrogen) atoms. The van der Waals surface area contributed by atoms with Crippen molar-refractivity contribution in [1.29, 1.82) is 0 Å². The molecule has 1 aliphatic rings. The molecule has 198 valence electrons. The highest BCUT2D eigenvalue weighted by atomic mass is 16.4. The predicted molar refractivity (Wildman–Crippen MR) is 124 cm³/mol. The first-order valence-corrected chi connectivity index (χ1v) is 11.3. The first kappa shape index (κ1) is 29.6. The molecule has 5 unspecified atom stereocenters. The number of nitrogens with two attached hydrogens (primary N) is 4. The van der Waals surface area contributed by atoms with E-state index in [2.05, 4.69) is 15.6 Å². The Balaban J connectivity index is 2.80. The van der Waals surface area contributed by atoms with Crippen molar-refractivity contribution in [3.63, 3.8) is 0 Å². The molecule has 0 saturated carbocycles. The maximum atomic E-state index is 12.9. The number of primary amides is 1. The zero-order valence-corrected chi connectivity index (χ0v) is 19.7. The lowest BCUT2D eigenvalue weighted by Gasteiger charge is -2.29. The van der Waals surface area contributed by atoms with Crippen LogP contribution in [0.2, 0.25) is 0 Å². The van der Waals surface area contributed by atoms with E-state index < -0.39 is 59.9 Å². The highest BCUT2D eigenvalue weighted by Crippen LogP contribution is 2.19. The average Bonchev–Trinajstić information content (AvgIpc) is 3.26. The maximum Gasteiger partial charge on any atom is 0.326 e. The van der Waals surface area contributed by atoms with Gasteiger partial charge in [0.2, 0.25) is 23.6 Å². The Hall–Kier alpha value is -3.46. The summed E-state index contributed by atoms with van der Waals surface area (Å²) < 4.78 is 0. The number of hydrogen-bond donors (Lipinski definition) is 8. The topological polar surface area (TPSA) is 270 Å². The molecule has 0 aromatic rings. The monoisotopic (exact) mass is 500 g/mol. The van der Waals surface area contributed by atoms with E-state index in [1.54, 1.807) is 0 Å². The van der Waals surface area contributed by atoms with Crippen LogP contribution in [-0.4, -0.2) is 94.0 Å². The van der Waals surface area contributed by atoms with E-state index in [9.17, 15) is 34.2 Å². The average molecular weight is 501 g/mol. The summed E-state index contributed by atoms with van der Waals surface area (Å²) in [6.45, 7) is 1.83. The largest absolute Gasteiger partial charge is 0.480 e. The number of amides is 4. The van der Waals surface area contributed by atoms with E-state index in [-0.39, 0.29) is 25.3 Å². The molecule has 0 radical (unpaired) electrons. The van der Waals surface area contributed by atoms with Gasteiger partial charge in [0.1, 0.15) is 18.1 Å². The van der Waals surface area contributed by atoms with Crippen molar-refractivity contribution >= 4 is 35.6 Å². The number of aliphatic hydroxyl groups is 1. The summed E-state index contributed by atoms with van der Waals surface area (Å²) in [6.07, 6.45) is -0.320. The number of carboxylic acid groups (broad SMARTS) is 1. The van der Waals surface area contributed by atoms with Crippen molar-refractivity contribution in [2.75, 3.05) is 13.1 Å². The minimum absolute atomic E-state index is 0.0691. The third-order valence-corrected chi connectivity index (χ3v) is 5.48. The number of likely N-dealkylation sites (tertiary alicyclic amines) is 1. The molecular formula is C20H36N8O7. The number of aliphatic hydroxyl groups excluding tert-OH is 1. The molecule has 0 bridgehead atoms. The second kappa shape index (κ2) is 14.1. The maximum absolute atomic E-state index is 12.9. The molecular weight excluding hydrogens is 464 g/mol. The molecule has 1 rings (SSSR count). The van der Waals surface area contributed by atoms with Crippen molar-refractivity contribution in [3.8, 4) is 0 Å². The van der Waals surface area contributed by atoms with Gasteiger partial charge < -0.3 is 48.7 Å².